The van der Waals surface area contributed by atoms with Crippen molar-refractivity contribution in [2.24, 2.45) is 0 Å². The van der Waals surface area contributed by atoms with Crippen LogP contribution in [0.3, 0.4) is 0 Å². The monoisotopic (exact) mass is 270 g/mol. The molecule has 1 fully saturated rings. The molecule has 5 nitrogen and oxygen atoms in total. The van der Waals surface area contributed by atoms with Crippen molar-refractivity contribution in [3.8, 4) is 0 Å². The number of ether oxygens (including phenoxy) is 1. The second-order valence-electron chi connectivity index (χ2n) is 5.19. The lowest BCUT2D eigenvalue weighted by Gasteiger charge is -2.23. The summed E-state index contributed by atoms with van der Waals surface area (Å²) in [6.45, 7) is 5.20. The van der Waals surface area contributed by atoms with Crippen molar-refractivity contribution in [2.45, 2.75) is 58.0 Å². The van der Waals surface area contributed by atoms with Crippen LogP contribution in [0.15, 0.2) is 0 Å². The summed E-state index contributed by atoms with van der Waals surface area (Å²) in [4.78, 5) is 25.3. The summed E-state index contributed by atoms with van der Waals surface area (Å²) >= 11 is 0. The zero-order chi connectivity index (χ0) is 14.3. The van der Waals surface area contributed by atoms with E-state index < -0.39 is 0 Å². The number of rotatable bonds is 7. The molecule has 5 heteroatoms. The van der Waals surface area contributed by atoms with Gasteiger partial charge in [-0.1, -0.05) is 19.8 Å². The van der Waals surface area contributed by atoms with Gasteiger partial charge in [0.1, 0.15) is 6.04 Å². The number of carbonyl (C=O) groups excluding carboxylic acids is 2. The molecule has 1 rings (SSSR count). The Hall–Kier alpha value is -1.10. The maximum atomic E-state index is 12.1. The maximum Gasteiger partial charge on any atom is 0.328 e. The molecular formula is C14H26N2O3. The molecule has 0 aromatic rings. The summed E-state index contributed by atoms with van der Waals surface area (Å²) in [5.74, 6) is -0.305. The largest absolute Gasteiger partial charge is 0.467 e. The van der Waals surface area contributed by atoms with Gasteiger partial charge in [0.15, 0.2) is 0 Å². The van der Waals surface area contributed by atoms with Crippen LogP contribution in [-0.4, -0.2) is 49.1 Å². The number of nitrogens with zero attached hydrogens (tertiary/aromatic N) is 1. The molecule has 2 atom stereocenters. The zero-order valence-electron chi connectivity index (χ0n) is 12.3. The molecule has 0 aromatic carbocycles. The molecule has 1 saturated heterocycles. The van der Waals surface area contributed by atoms with E-state index in [9.17, 15) is 9.59 Å². The molecule has 0 aromatic heterocycles. The molecule has 1 N–H and O–H groups in total. The average Bonchev–Trinajstić information content (AvgIpc) is 2.90. The summed E-state index contributed by atoms with van der Waals surface area (Å²) in [5.41, 5.74) is 0. The topological polar surface area (TPSA) is 58.6 Å². The van der Waals surface area contributed by atoms with Crippen molar-refractivity contribution >= 4 is 11.9 Å². The molecule has 2 unspecified atom stereocenters. The second kappa shape index (κ2) is 8.15. The van der Waals surface area contributed by atoms with Gasteiger partial charge in [-0.15, -0.1) is 0 Å². The quantitative estimate of drug-likeness (QED) is 0.709. The zero-order valence-corrected chi connectivity index (χ0v) is 12.3. The number of carbonyl (C=O) groups is 2. The molecular weight excluding hydrogens is 244 g/mol. The number of hydrogen-bond acceptors (Lipinski definition) is 4. The highest BCUT2D eigenvalue weighted by molar-refractivity contribution is 5.86. The van der Waals surface area contributed by atoms with E-state index in [-0.39, 0.29) is 17.9 Å². The second-order valence-corrected chi connectivity index (χ2v) is 5.19. The number of esters is 1. The number of unbranched alkanes of at least 4 members (excludes halogenated alkanes) is 1. The van der Waals surface area contributed by atoms with Crippen LogP contribution >= 0.6 is 0 Å². The van der Waals surface area contributed by atoms with Gasteiger partial charge in [-0.2, -0.15) is 0 Å². The summed E-state index contributed by atoms with van der Waals surface area (Å²) in [5, 5.41) is 3.23. The van der Waals surface area contributed by atoms with Crippen LogP contribution in [0.5, 0.6) is 0 Å². The van der Waals surface area contributed by atoms with Crippen LogP contribution < -0.4 is 5.32 Å². The van der Waals surface area contributed by atoms with Crippen molar-refractivity contribution in [3.63, 3.8) is 0 Å². The van der Waals surface area contributed by atoms with Crippen LogP contribution in [0.2, 0.25) is 0 Å². The maximum absolute atomic E-state index is 12.1. The van der Waals surface area contributed by atoms with Crippen LogP contribution in [0, 0.1) is 0 Å². The normalized spacial score (nSPS) is 20.4. The fourth-order valence-corrected chi connectivity index (χ4v) is 2.42. The molecule has 0 aliphatic carbocycles. The van der Waals surface area contributed by atoms with Crippen molar-refractivity contribution in [3.05, 3.63) is 0 Å². The number of likely N-dealkylation sites (tertiary alicyclic amines) is 1. The van der Waals surface area contributed by atoms with Crippen molar-refractivity contribution in [1.29, 1.82) is 0 Å². The van der Waals surface area contributed by atoms with E-state index in [0.29, 0.717) is 25.6 Å². The van der Waals surface area contributed by atoms with Crippen molar-refractivity contribution < 1.29 is 14.3 Å². The highest BCUT2D eigenvalue weighted by atomic mass is 16.5. The minimum absolute atomic E-state index is 0.00347. The molecule has 0 bridgehead atoms. The molecule has 0 radical (unpaired) electrons. The van der Waals surface area contributed by atoms with E-state index in [0.717, 1.165) is 25.7 Å². The first kappa shape index (κ1) is 16.0. The van der Waals surface area contributed by atoms with Crippen molar-refractivity contribution in [2.75, 3.05) is 20.2 Å². The number of nitrogens with one attached hydrogen (secondary N) is 1. The van der Waals surface area contributed by atoms with E-state index >= 15 is 0 Å². The molecule has 1 heterocycles. The Balaban J connectivity index is 2.38. The van der Waals surface area contributed by atoms with Gasteiger partial charge in [0, 0.05) is 12.6 Å². The summed E-state index contributed by atoms with van der Waals surface area (Å²) in [7, 11) is 1.37. The highest BCUT2D eigenvalue weighted by Gasteiger charge is 2.34. The minimum Gasteiger partial charge on any atom is -0.467 e. The van der Waals surface area contributed by atoms with Gasteiger partial charge >= 0.3 is 5.97 Å². The summed E-state index contributed by atoms with van der Waals surface area (Å²) in [6, 6.07) is -0.0478. The van der Waals surface area contributed by atoms with E-state index in [2.05, 4.69) is 19.2 Å². The third-order valence-electron chi connectivity index (χ3n) is 3.64. The summed E-state index contributed by atoms with van der Waals surface area (Å²) < 4.78 is 4.74. The smallest absolute Gasteiger partial charge is 0.328 e. The van der Waals surface area contributed by atoms with Crippen LogP contribution in [0.4, 0.5) is 0 Å². The predicted octanol–water partition coefficient (Wildman–Crippen LogP) is 1.32. The van der Waals surface area contributed by atoms with Gasteiger partial charge in [-0.05, 0) is 26.2 Å². The van der Waals surface area contributed by atoms with Gasteiger partial charge in [0.05, 0.1) is 13.7 Å². The first-order chi connectivity index (χ1) is 9.10. The molecule has 0 saturated carbocycles. The predicted molar refractivity (Wildman–Crippen MR) is 73.7 cm³/mol. The standard InChI is InChI=1S/C14H26N2O3/c1-4-5-7-11(2)15-10-13(17)16-9-6-8-12(16)14(18)19-3/h11-12,15H,4-10H2,1-3H3. The number of amides is 1. The Bertz CT molecular complexity index is 307. The lowest BCUT2D eigenvalue weighted by molar-refractivity contribution is -0.150. The van der Waals surface area contributed by atoms with E-state index in [1.807, 2.05) is 0 Å². The number of methoxy groups -OCH3 is 1. The lowest BCUT2D eigenvalue weighted by Crippen LogP contribution is -2.46. The lowest BCUT2D eigenvalue weighted by atomic mass is 10.1. The van der Waals surface area contributed by atoms with Gasteiger partial charge in [-0.3, -0.25) is 4.79 Å². The fourth-order valence-electron chi connectivity index (χ4n) is 2.42. The molecule has 1 amide bonds. The summed E-state index contributed by atoms with van der Waals surface area (Å²) in [6.07, 6.45) is 4.98. The highest BCUT2D eigenvalue weighted by Crippen LogP contribution is 2.18. The van der Waals surface area contributed by atoms with E-state index in [1.54, 1.807) is 4.90 Å². The molecule has 1 aliphatic rings. The van der Waals surface area contributed by atoms with Crippen LogP contribution in [0.1, 0.15) is 46.0 Å². The number of hydrogen-bond donors (Lipinski definition) is 1. The fraction of sp³-hybridized carbons (Fsp3) is 0.857. The van der Waals surface area contributed by atoms with Gasteiger partial charge in [0.2, 0.25) is 5.91 Å². The first-order valence-corrected chi connectivity index (χ1v) is 7.20. The Labute approximate surface area is 115 Å². The average molecular weight is 270 g/mol. The van der Waals surface area contributed by atoms with Gasteiger partial charge < -0.3 is 15.0 Å². The molecule has 19 heavy (non-hydrogen) atoms. The Kier molecular flexibility index (Phi) is 6.84. The van der Waals surface area contributed by atoms with E-state index in [1.165, 1.54) is 7.11 Å². The van der Waals surface area contributed by atoms with Crippen LogP contribution in [0.25, 0.3) is 0 Å². The third kappa shape index (κ3) is 4.82. The van der Waals surface area contributed by atoms with E-state index in [4.69, 9.17) is 4.74 Å². The Morgan fingerprint density at radius 2 is 2.21 bits per heavy atom. The Morgan fingerprint density at radius 1 is 1.47 bits per heavy atom. The molecule has 1 aliphatic heterocycles. The van der Waals surface area contributed by atoms with Crippen LogP contribution in [-0.2, 0) is 14.3 Å². The molecule has 0 spiro atoms. The van der Waals surface area contributed by atoms with Gasteiger partial charge in [-0.25, -0.2) is 4.79 Å². The SMILES string of the molecule is CCCCC(C)NCC(=O)N1CCCC1C(=O)OC. The third-order valence-corrected chi connectivity index (χ3v) is 3.64. The molecule has 110 valence electrons. The minimum atomic E-state index is -0.384. The van der Waals surface area contributed by atoms with Gasteiger partial charge in [0.25, 0.3) is 0 Å². The Morgan fingerprint density at radius 3 is 2.84 bits per heavy atom. The first-order valence-electron chi connectivity index (χ1n) is 7.20. The van der Waals surface area contributed by atoms with Crippen molar-refractivity contribution in [1.82, 2.24) is 10.2 Å².